The number of aliphatic hydroxyl groups excluding tert-OH is 1. The van der Waals surface area contributed by atoms with Crippen molar-refractivity contribution in [2.24, 2.45) is 0 Å². The van der Waals surface area contributed by atoms with Gasteiger partial charge in [-0.2, -0.15) is 0 Å². The van der Waals surface area contributed by atoms with Gasteiger partial charge in [0.05, 0.1) is 24.8 Å². The van der Waals surface area contributed by atoms with Crippen LogP contribution < -0.4 is 10.1 Å². The van der Waals surface area contributed by atoms with Crippen LogP contribution in [0.15, 0.2) is 60.7 Å². The highest BCUT2D eigenvalue weighted by Gasteiger charge is 2.13. The fourth-order valence-electron chi connectivity index (χ4n) is 2.84. The molecule has 0 bridgehead atoms. The number of nitrogens with one attached hydrogen (secondary N) is 1. The van der Waals surface area contributed by atoms with Crippen LogP contribution in [-0.4, -0.2) is 24.7 Å². The minimum Gasteiger partial charge on any atom is -0.497 e. The van der Waals surface area contributed by atoms with Gasteiger partial charge in [-0.3, -0.25) is 4.79 Å². The van der Waals surface area contributed by atoms with Gasteiger partial charge < -0.3 is 15.2 Å². The van der Waals surface area contributed by atoms with Gasteiger partial charge in [0.1, 0.15) is 11.6 Å². The Bertz CT molecular complexity index is 1040. The van der Waals surface area contributed by atoms with Crippen LogP contribution in [0.1, 0.15) is 17.2 Å². The second-order valence-corrected chi connectivity index (χ2v) is 6.62. The number of hydrogen-bond donors (Lipinski definition) is 2. The van der Waals surface area contributed by atoms with Crippen LogP contribution in [0, 0.1) is 5.82 Å². The largest absolute Gasteiger partial charge is 0.497 e. The van der Waals surface area contributed by atoms with Crippen molar-refractivity contribution in [2.45, 2.75) is 6.04 Å². The summed E-state index contributed by atoms with van der Waals surface area (Å²) in [5, 5.41) is 14.7. The Hall–Kier alpha value is -2.89. The van der Waals surface area contributed by atoms with E-state index in [1.165, 1.54) is 30.4 Å². The molecule has 144 valence electrons. The lowest BCUT2D eigenvalue weighted by atomic mass is 10.0. The smallest absolute Gasteiger partial charge is 0.244 e. The lowest BCUT2D eigenvalue weighted by molar-refractivity contribution is -0.117. The number of ether oxygens (including phenoxy) is 1. The molecule has 0 saturated heterocycles. The normalized spacial score (nSPS) is 12.3. The minimum atomic E-state index is -0.573. The van der Waals surface area contributed by atoms with Crippen molar-refractivity contribution in [3.63, 3.8) is 0 Å². The Morgan fingerprint density at radius 3 is 2.68 bits per heavy atom. The summed E-state index contributed by atoms with van der Waals surface area (Å²) in [5.74, 6) is -0.113. The zero-order chi connectivity index (χ0) is 20.1. The third kappa shape index (κ3) is 4.68. The molecule has 0 saturated carbocycles. The van der Waals surface area contributed by atoms with Gasteiger partial charge >= 0.3 is 0 Å². The highest BCUT2D eigenvalue weighted by atomic mass is 35.5. The lowest BCUT2D eigenvalue weighted by Crippen LogP contribution is -2.29. The van der Waals surface area contributed by atoms with Gasteiger partial charge in [0.15, 0.2) is 0 Å². The predicted molar refractivity (Wildman–Crippen MR) is 109 cm³/mol. The first-order chi connectivity index (χ1) is 13.5. The van der Waals surface area contributed by atoms with Crippen LogP contribution in [0.2, 0.25) is 5.02 Å². The number of aliphatic hydroxyl groups is 1. The number of fused-ring (bicyclic) bond motifs is 1. The maximum atomic E-state index is 13.1. The molecule has 2 N–H and O–H groups in total. The summed E-state index contributed by atoms with van der Waals surface area (Å²) in [6, 6.07) is 14.8. The molecular weight excluding hydrogens is 381 g/mol. The fraction of sp³-hybridized carbons (Fsp3) is 0.136. The molecule has 3 aromatic rings. The third-order valence-corrected chi connectivity index (χ3v) is 4.68. The Morgan fingerprint density at radius 2 is 1.96 bits per heavy atom. The molecule has 0 aromatic heterocycles. The number of methoxy groups -OCH3 is 1. The zero-order valence-corrected chi connectivity index (χ0v) is 15.9. The van der Waals surface area contributed by atoms with E-state index in [0.29, 0.717) is 5.56 Å². The molecule has 0 unspecified atom stereocenters. The van der Waals surface area contributed by atoms with Crippen LogP contribution >= 0.6 is 11.6 Å². The van der Waals surface area contributed by atoms with E-state index in [1.807, 2.05) is 36.4 Å². The quantitative estimate of drug-likeness (QED) is 0.600. The molecular formula is C22H19ClFNO3. The van der Waals surface area contributed by atoms with Crippen molar-refractivity contribution in [2.75, 3.05) is 13.7 Å². The standard InChI is InChI=1S/C22H19ClFNO3/c1-28-19-8-5-14-2-3-16(10-17(14)11-19)21(13-26)25-22(27)9-6-15-4-7-18(24)12-20(15)23/h2-12,21,26H,13H2,1H3,(H,25,27)/t21-/m0/s1. The second kappa shape index (κ2) is 8.87. The van der Waals surface area contributed by atoms with Crippen LogP contribution in [0.4, 0.5) is 4.39 Å². The summed E-state index contributed by atoms with van der Waals surface area (Å²) < 4.78 is 18.3. The van der Waals surface area contributed by atoms with Gasteiger partial charge in [-0.1, -0.05) is 35.9 Å². The third-order valence-electron chi connectivity index (χ3n) is 4.35. The van der Waals surface area contributed by atoms with Gasteiger partial charge in [0, 0.05) is 6.08 Å². The number of carbonyl (C=O) groups excluding carboxylic acids is 1. The fourth-order valence-corrected chi connectivity index (χ4v) is 3.07. The first kappa shape index (κ1) is 19.9. The molecule has 6 heteroatoms. The van der Waals surface area contributed by atoms with E-state index in [9.17, 15) is 14.3 Å². The lowest BCUT2D eigenvalue weighted by Gasteiger charge is -2.16. The van der Waals surface area contributed by atoms with E-state index in [4.69, 9.17) is 16.3 Å². The van der Waals surface area contributed by atoms with Crippen molar-refractivity contribution < 1.29 is 19.0 Å². The number of benzene rings is 3. The molecule has 1 amide bonds. The van der Waals surface area contributed by atoms with E-state index in [-0.39, 0.29) is 11.6 Å². The summed E-state index contributed by atoms with van der Waals surface area (Å²) in [5.41, 5.74) is 1.29. The van der Waals surface area contributed by atoms with Crippen LogP contribution in [0.5, 0.6) is 5.75 Å². The topological polar surface area (TPSA) is 58.6 Å². The van der Waals surface area contributed by atoms with E-state index in [2.05, 4.69) is 5.32 Å². The maximum absolute atomic E-state index is 13.1. The molecule has 0 aliphatic carbocycles. The Kier molecular flexibility index (Phi) is 6.29. The van der Waals surface area contributed by atoms with E-state index < -0.39 is 17.8 Å². The molecule has 3 rings (SSSR count). The number of halogens is 2. The number of hydrogen-bond acceptors (Lipinski definition) is 3. The second-order valence-electron chi connectivity index (χ2n) is 6.22. The monoisotopic (exact) mass is 399 g/mol. The number of amides is 1. The molecule has 0 spiro atoms. The van der Waals surface area contributed by atoms with Crippen LogP contribution in [0.25, 0.3) is 16.8 Å². The Morgan fingerprint density at radius 1 is 1.18 bits per heavy atom. The van der Waals surface area contributed by atoms with Crippen LogP contribution in [0.3, 0.4) is 0 Å². The van der Waals surface area contributed by atoms with Crippen molar-refractivity contribution >= 4 is 34.4 Å². The molecule has 0 aliphatic heterocycles. The zero-order valence-electron chi connectivity index (χ0n) is 15.2. The minimum absolute atomic E-state index is 0.214. The van der Waals surface area contributed by atoms with Crippen molar-refractivity contribution in [1.29, 1.82) is 0 Å². The number of carbonyl (C=O) groups is 1. The summed E-state index contributed by atoms with van der Waals surface area (Å²) in [6.45, 7) is -0.258. The molecule has 0 heterocycles. The molecule has 28 heavy (non-hydrogen) atoms. The highest BCUT2D eigenvalue weighted by molar-refractivity contribution is 6.32. The van der Waals surface area contributed by atoms with Gasteiger partial charge in [-0.15, -0.1) is 0 Å². The average molecular weight is 400 g/mol. The van der Waals surface area contributed by atoms with Crippen LogP contribution in [-0.2, 0) is 4.79 Å². The molecule has 4 nitrogen and oxygen atoms in total. The Labute approximate surface area is 167 Å². The van der Waals surface area contributed by atoms with E-state index in [0.717, 1.165) is 22.1 Å². The van der Waals surface area contributed by atoms with Crippen molar-refractivity contribution in [1.82, 2.24) is 5.32 Å². The SMILES string of the molecule is COc1ccc2ccc([C@H](CO)NC(=O)C=Cc3ccc(F)cc3Cl)cc2c1. The summed E-state index contributed by atoms with van der Waals surface area (Å²) in [7, 11) is 1.60. The summed E-state index contributed by atoms with van der Waals surface area (Å²) in [4.78, 5) is 12.3. The van der Waals surface area contributed by atoms with Gasteiger partial charge in [0.2, 0.25) is 5.91 Å². The molecule has 0 aliphatic rings. The summed E-state index contributed by atoms with van der Waals surface area (Å²) in [6.07, 6.45) is 2.79. The molecule has 0 radical (unpaired) electrons. The van der Waals surface area contributed by atoms with Crippen molar-refractivity contribution in [3.05, 3.63) is 82.6 Å². The van der Waals surface area contributed by atoms with Crippen molar-refractivity contribution in [3.8, 4) is 5.75 Å². The van der Waals surface area contributed by atoms with Gasteiger partial charge in [-0.05, 0) is 58.3 Å². The first-order valence-corrected chi connectivity index (χ1v) is 9.00. The molecule has 0 fully saturated rings. The summed E-state index contributed by atoms with van der Waals surface area (Å²) >= 11 is 5.95. The predicted octanol–water partition coefficient (Wildman–Crippen LogP) is 4.50. The highest BCUT2D eigenvalue weighted by Crippen LogP contribution is 2.24. The average Bonchev–Trinajstić information content (AvgIpc) is 2.70. The maximum Gasteiger partial charge on any atom is 0.244 e. The number of rotatable bonds is 6. The van der Waals surface area contributed by atoms with Gasteiger partial charge in [0.25, 0.3) is 0 Å². The van der Waals surface area contributed by atoms with E-state index in [1.54, 1.807) is 7.11 Å². The molecule has 1 atom stereocenters. The van der Waals surface area contributed by atoms with Gasteiger partial charge in [-0.25, -0.2) is 4.39 Å². The molecule has 3 aromatic carbocycles. The Balaban J connectivity index is 1.76. The van der Waals surface area contributed by atoms with E-state index >= 15 is 0 Å². The first-order valence-electron chi connectivity index (χ1n) is 8.62.